The van der Waals surface area contributed by atoms with Crippen LogP contribution in [0.2, 0.25) is 0 Å². The van der Waals surface area contributed by atoms with Gasteiger partial charge in [0.25, 0.3) is 0 Å². The summed E-state index contributed by atoms with van der Waals surface area (Å²) >= 11 is 0. The lowest BCUT2D eigenvalue weighted by molar-refractivity contribution is -0.145. The average Bonchev–Trinajstić information content (AvgIpc) is 2.71. The Hall–Kier alpha value is -1.58. The maximum atomic E-state index is 11.7. The van der Waals surface area contributed by atoms with Crippen LogP contribution in [0.1, 0.15) is 110 Å². The Morgan fingerprint density at radius 1 is 0.552 bits per heavy atom. The highest BCUT2D eigenvalue weighted by atomic mass is 16.5. The Kier molecular flexibility index (Phi) is 21.5. The van der Waals surface area contributed by atoms with E-state index in [4.69, 9.17) is 9.47 Å². The third-order valence-electron chi connectivity index (χ3n) is 4.60. The van der Waals surface area contributed by atoms with Crippen LogP contribution in [-0.2, 0) is 19.1 Å². The quantitative estimate of drug-likeness (QED) is 0.123. The third kappa shape index (κ3) is 22.6. The van der Waals surface area contributed by atoms with Gasteiger partial charge >= 0.3 is 11.9 Å². The number of unbranched alkanes of at least 4 members (excludes halogenated alkanes) is 8. The molecule has 4 heteroatoms. The summed E-state index contributed by atoms with van der Waals surface area (Å²) < 4.78 is 10.4. The highest BCUT2D eigenvalue weighted by molar-refractivity contribution is 5.72. The zero-order valence-corrected chi connectivity index (χ0v) is 19.0. The van der Waals surface area contributed by atoms with Crippen molar-refractivity contribution >= 4 is 11.9 Å². The second-order valence-electron chi connectivity index (χ2n) is 7.51. The number of carbonyl (C=O) groups excluding carboxylic acids is 2. The van der Waals surface area contributed by atoms with Crippen molar-refractivity contribution in [3.05, 3.63) is 24.3 Å². The number of esters is 2. The Balaban J connectivity index is 3.42. The van der Waals surface area contributed by atoms with E-state index in [9.17, 15) is 9.59 Å². The van der Waals surface area contributed by atoms with E-state index >= 15 is 0 Å². The summed E-state index contributed by atoms with van der Waals surface area (Å²) in [7, 11) is 0. The fourth-order valence-electron chi connectivity index (χ4n) is 2.79. The number of carbonyl (C=O) groups is 2. The molecule has 0 N–H and O–H groups in total. The van der Waals surface area contributed by atoms with E-state index in [-0.39, 0.29) is 24.8 Å². The van der Waals surface area contributed by atoms with E-state index in [2.05, 4.69) is 38.2 Å². The summed E-state index contributed by atoms with van der Waals surface area (Å²) in [6.07, 6.45) is 23.3. The van der Waals surface area contributed by atoms with Gasteiger partial charge in [-0.2, -0.15) is 0 Å². The molecule has 0 bridgehead atoms. The molecular weight excluding hydrogens is 364 g/mol. The highest BCUT2D eigenvalue weighted by Crippen LogP contribution is 2.04. The predicted octanol–water partition coefficient (Wildman–Crippen LogP) is 7.08. The predicted molar refractivity (Wildman–Crippen MR) is 121 cm³/mol. The number of allylic oxidation sites excluding steroid dienone is 4. The topological polar surface area (TPSA) is 52.6 Å². The number of hydrogen-bond acceptors (Lipinski definition) is 4. The summed E-state index contributed by atoms with van der Waals surface area (Å²) in [5.74, 6) is -0.448. The molecule has 0 aliphatic heterocycles. The molecule has 0 radical (unpaired) electrons. The van der Waals surface area contributed by atoms with Gasteiger partial charge in [0.15, 0.2) is 0 Å². The van der Waals surface area contributed by atoms with Crippen molar-refractivity contribution in [2.75, 3.05) is 13.2 Å². The van der Waals surface area contributed by atoms with Gasteiger partial charge in [-0.15, -0.1) is 0 Å². The van der Waals surface area contributed by atoms with Crippen LogP contribution in [0.4, 0.5) is 0 Å². The fraction of sp³-hybridized carbons (Fsp3) is 0.760. The molecule has 0 saturated carbocycles. The van der Waals surface area contributed by atoms with Gasteiger partial charge in [-0.05, 0) is 57.8 Å². The van der Waals surface area contributed by atoms with Crippen LogP contribution in [0.15, 0.2) is 24.3 Å². The molecule has 4 nitrogen and oxygen atoms in total. The molecule has 0 atom stereocenters. The standard InChI is InChI=1S/C25H44O4/c1-3-5-7-9-11-13-15-17-22-28-24(26)20-19-21-25(27)29-23-18-16-14-12-10-8-6-4-2/h11-14H,3-10,15-23H2,1-2H3/b13-11+,14-12+. The Labute approximate surface area is 179 Å². The lowest BCUT2D eigenvalue weighted by Gasteiger charge is -2.05. The number of rotatable bonds is 20. The van der Waals surface area contributed by atoms with E-state index in [0.717, 1.165) is 38.5 Å². The van der Waals surface area contributed by atoms with Gasteiger partial charge in [0.2, 0.25) is 0 Å². The van der Waals surface area contributed by atoms with E-state index < -0.39 is 0 Å². The minimum Gasteiger partial charge on any atom is -0.466 e. The monoisotopic (exact) mass is 408 g/mol. The minimum atomic E-state index is -0.224. The van der Waals surface area contributed by atoms with E-state index in [1.165, 1.54) is 38.5 Å². The maximum absolute atomic E-state index is 11.7. The van der Waals surface area contributed by atoms with Crippen molar-refractivity contribution in [1.82, 2.24) is 0 Å². The molecule has 0 aromatic carbocycles. The van der Waals surface area contributed by atoms with Crippen molar-refractivity contribution in [1.29, 1.82) is 0 Å². The second kappa shape index (κ2) is 22.7. The summed E-state index contributed by atoms with van der Waals surface area (Å²) in [6, 6.07) is 0. The molecule has 0 aromatic heterocycles. The van der Waals surface area contributed by atoms with Crippen molar-refractivity contribution in [2.24, 2.45) is 0 Å². The van der Waals surface area contributed by atoms with Gasteiger partial charge in [-0.1, -0.05) is 63.8 Å². The molecule has 0 saturated heterocycles. The molecule has 0 aliphatic carbocycles. The van der Waals surface area contributed by atoms with Gasteiger partial charge < -0.3 is 9.47 Å². The van der Waals surface area contributed by atoms with Gasteiger partial charge in [-0.25, -0.2) is 0 Å². The SMILES string of the molecule is CCCCC/C=C/CCCOC(=O)CCCC(=O)OCCC/C=C/CCCCC. The zero-order chi connectivity index (χ0) is 21.4. The van der Waals surface area contributed by atoms with Crippen molar-refractivity contribution in [3.63, 3.8) is 0 Å². The van der Waals surface area contributed by atoms with Gasteiger partial charge in [0.05, 0.1) is 13.2 Å². The third-order valence-corrected chi connectivity index (χ3v) is 4.60. The molecule has 0 unspecified atom stereocenters. The first kappa shape index (κ1) is 27.4. The molecule has 0 fully saturated rings. The van der Waals surface area contributed by atoms with Crippen LogP contribution in [0, 0.1) is 0 Å². The smallest absolute Gasteiger partial charge is 0.305 e. The van der Waals surface area contributed by atoms with E-state index in [1.807, 2.05) is 0 Å². The van der Waals surface area contributed by atoms with Gasteiger partial charge in [-0.3, -0.25) is 9.59 Å². The summed E-state index contributed by atoms with van der Waals surface area (Å²) in [6.45, 7) is 5.32. The fourth-order valence-corrected chi connectivity index (χ4v) is 2.79. The molecule has 0 aliphatic rings. The summed E-state index contributed by atoms with van der Waals surface area (Å²) in [4.78, 5) is 23.3. The van der Waals surface area contributed by atoms with E-state index in [0.29, 0.717) is 19.6 Å². The lowest BCUT2D eigenvalue weighted by atomic mass is 10.2. The minimum absolute atomic E-state index is 0.224. The molecule has 0 aromatic rings. The van der Waals surface area contributed by atoms with Crippen LogP contribution in [0.25, 0.3) is 0 Å². The van der Waals surface area contributed by atoms with Crippen LogP contribution in [0.3, 0.4) is 0 Å². The molecular formula is C25H44O4. The molecule has 0 spiro atoms. The Morgan fingerprint density at radius 3 is 1.31 bits per heavy atom. The Morgan fingerprint density at radius 2 is 0.931 bits per heavy atom. The first-order chi connectivity index (χ1) is 14.2. The molecule has 29 heavy (non-hydrogen) atoms. The normalized spacial score (nSPS) is 11.4. The highest BCUT2D eigenvalue weighted by Gasteiger charge is 2.07. The maximum Gasteiger partial charge on any atom is 0.305 e. The molecule has 0 amide bonds. The molecule has 168 valence electrons. The molecule has 0 rings (SSSR count). The summed E-state index contributed by atoms with van der Waals surface area (Å²) in [5, 5.41) is 0. The van der Waals surface area contributed by atoms with Gasteiger partial charge in [0, 0.05) is 12.8 Å². The van der Waals surface area contributed by atoms with E-state index in [1.54, 1.807) is 0 Å². The average molecular weight is 409 g/mol. The van der Waals surface area contributed by atoms with Crippen LogP contribution in [-0.4, -0.2) is 25.2 Å². The second-order valence-corrected chi connectivity index (χ2v) is 7.51. The number of hydrogen-bond donors (Lipinski definition) is 0. The van der Waals surface area contributed by atoms with Crippen LogP contribution < -0.4 is 0 Å². The van der Waals surface area contributed by atoms with Crippen LogP contribution in [0.5, 0.6) is 0 Å². The first-order valence-electron chi connectivity index (χ1n) is 11.8. The molecule has 0 heterocycles. The van der Waals surface area contributed by atoms with Crippen molar-refractivity contribution in [2.45, 2.75) is 110 Å². The van der Waals surface area contributed by atoms with Crippen LogP contribution >= 0.6 is 0 Å². The lowest BCUT2D eigenvalue weighted by Crippen LogP contribution is -2.09. The Bertz CT molecular complexity index is 400. The number of ether oxygens (including phenoxy) is 2. The van der Waals surface area contributed by atoms with Gasteiger partial charge in [0.1, 0.15) is 0 Å². The van der Waals surface area contributed by atoms with Crippen molar-refractivity contribution < 1.29 is 19.1 Å². The first-order valence-corrected chi connectivity index (χ1v) is 11.8. The van der Waals surface area contributed by atoms with Crippen molar-refractivity contribution in [3.8, 4) is 0 Å². The zero-order valence-electron chi connectivity index (χ0n) is 19.0. The summed E-state index contributed by atoms with van der Waals surface area (Å²) in [5.41, 5.74) is 0. The largest absolute Gasteiger partial charge is 0.466 e.